The number of likely N-dealkylation sites (N-methyl/N-ethyl adjacent to an activating group) is 1. The van der Waals surface area contributed by atoms with Crippen LogP contribution in [0.25, 0.3) is 11.4 Å². The third kappa shape index (κ3) is 5.34. The minimum absolute atomic E-state index is 0.189. The van der Waals surface area contributed by atoms with Crippen molar-refractivity contribution in [3.05, 3.63) is 75.6 Å². The number of amides is 1. The zero-order valence-corrected chi connectivity index (χ0v) is 25.4. The monoisotopic (exact) mass is 584 g/mol. The summed E-state index contributed by atoms with van der Waals surface area (Å²) >= 11 is 6.71. The molecule has 0 bridgehead atoms. The SMILES string of the molecule is CCc1cccc(CC)c1NC(=O)c1nn(C)c2c1CCc1cnc(Nc3ccc(N4CCN(C)CC4)cc3Cl)nc1-2. The lowest BCUT2D eigenvalue weighted by molar-refractivity contribution is 0.102. The third-order valence-electron chi connectivity index (χ3n) is 8.40. The van der Waals surface area contributed by atoms with Gasteiger partial charge in [-0.1, -0.05) is 43.6 Å². The van der Waals surface area contributed by atoms with Gasteiger partial charge in [0.15, 0.2) is 5.69 Å². The number of fused-ring (bicyclic) bond motifs is 3. The van der Waals surface area contributed by atoms with E-state index in [2.05, 4.69) is 69.6 Å². The van der Waals surface area contributed by atoms with Crippen molar-refractivity contribution < 1.29 is 4.79 Å². The quantitative estimate of drug-likeness (QED) is 0.296. The normalized spacial score (nSPS) is 14.8. The van der Waals surface area contributed by atoms with Gasteiger partial charge in [0.1, 0.15) is 0 Å². The molecule has 1 aliphatic carbocycles. The topological polar surface area (TPSA) is 91.2 Å². The molecule has 3 heterocycles. The number of rotatable bonds is 7. The van der Waals surface area contributed by atoms with Gasteiger partial charge in [-0.3, -0.25) is 9.48 Å². The molecule has 10 heteroatoms. The zero-order valence-electron chi connectivity index (χ0n) is 24.7. The fraction of sp³-hybridized carbons (Fsp3) is 0.375. The fourth-order valence-electron chi connectivity index (χ4n) is 5.96. The van der Waals surface area contributed by atoms with Crippen molar-refractivity contribution >= 4 is 40.5 Å². The van der Waals surface area contributed by atoms with Crippen molar-refractivity contribution in [3.63, 3.8) is 0 Å². The van der Waals surface area contributed by atoms with E-state index >= 15 is 0 Å². The highest BCUT2D eigenvalue weighted by molar-refractivity contribution is 6.33. The van der Waals surface area contributed by atoms with Gasteiger partial charge in [-0.15, -0.1) is 0 Å². The minimum Gasteiger partial charge on any atom is -0.369 e. The van der Waals surface area contributed by atoms with Gasteiger partial charge in [-0.2, -0.15) is 5.10 Å². The molecule has 218 valence electrons. The number of nitrogens with one attached hydrogen (secondary N) is 2. The lowest BCUT2D eigenvalue weighted by Gasteiger charge is -2.34. The van der Waals surface area contributed by atoms with E-state index in [1.807, 2.05) is 31.4 Å². The van der Waals surface area contributed by atoms with Crippen molar-refractivity contribution in [1.29, 1.82) is 0 Å². The van der Waals surface area contributed by atoms with E-state index in [0.717, 1.165) is 96.1 Å². The van der Waals surface area contributed by atoms with Gasteiger partial charge in [0, 0.05) is 56.4 Å². The summed E-state index contributed by atoms with van der Waals surface area (Å²) in [4.78, 5) is 27.8. The van der Waals surface area contributed by atoms with E-state index in [0.29, 0.717) is 23.1 Å². The first-order chi connectivity index (χ1) is 20.4. The molecule has 0 spiro atoms. The summed E-state index contributed by atoms with van der Waals surface area (Å²) in [5.41, 5.74) is 9.03. The smallest absolute Gasteiger partial charge is 0.276 e. The molecule has 42 heavy (non-hydrogen) atoms. The Hall–Kier alpha value is -3.95. The van der Waals surface area contributed by atoms with Crippen LogP contribution in [0.1, 0.15) is 46.6 Å². The average molecular weight is 585 g/mol. The number of aromatic nitrogens is 4. The molecule has 1 aliphatic heterocycles. The third-order valence-corrected chi connectivity index (χ3v) is 8.71. The van der Waals surface area contributed by atoms with Crippen LogP contribution >= 0.6 is 11.6 Å². The Labute approximate surface area is 251 Å². The molecule has 0 radical (unpaired) electrons. The molecule has 0 unspecified atom stereocenters. The number of nitrogens with zero attached hydrogens (tertiary/aromatic N) is 6. The Morgan fingerprint density at radius 1 is 1.00 bits per heavy atom. The van der Waals surface area contributed by atoms with Gasteiger partial charge in [-0.05, 0) is 67.6 Å². The molecule has 0 saturated carbocycles. The van der Waals surface area contributed by atoms with E-state index in [9.17, 15) is 4.79 Å². The molecular formula is C32H37ClN8O. The Morgan fingerprint density at radius 2 is 1.74 bits per heavy atom. The number of benzene rings is 2. The van der Waals surface area contributed by atoms with Crippen LogP contribution in [0.4, 0.5) is 23.0 Å². The molecule has 6 rings (SSSR count). The van der Waals surface area contributed by atoms with Gasteiger partial charge >= 0.3 is 0 Å². The Morgan fingerprint density at radius 3 is 2.43 bits per heavy atom. The van der Waals surface area contributed by atoms with Crippen LogP contribution in [-0.2, 0) is 32.7 Å². The minimum atomic E-state index is -0.189. The molecule has 1 saturated heterocycles. The maximum atomic E-state index is 13.6. The Balaban J connectivity index is 1.26. The summed E-state index contributed by atoms with van der Waals surface area (Å²) in [5.74, 6) is 0.262. The highest BCUT2D eigenvalue weighted by Crippen LogP contribution is 2.36. The first-order valence-corrected chi connectivity index (χ1v) is 15.1. The fourth-order valence-corrected chi connectivity index (χ4v) is 6.18. The van der Waals surface area contributed by atoms with Gasteiger partial charge in [-0.25, -0.2) is 9.97 Å². The Kier molecular flexibility index (Phi) is 7.88. The molecule has 1 amide bonds. The summed E-state index contributed by atoms with van der Waals surface area (Å²) in [6.45, 7) is 8.23. The van der Waals surface area contributed by atoms with Crippen LogP contribution in [0.2, 0.25) is 5.02 Å². The van der Waals surface area contributed by atoms with E-state index in [1.54, 1.807) is 4.68 Å². The zero-order chi connectivity index (χ0) is 29.4. The van der Waals surface area contributed by atoms with Crippen molar-refractivity contribution in [2.45, 2.75) is 39.5 Å². The first kappa shape index (κ1) is 28.2. The predicted octanol–water partition coefficient (Wildman–Crippen LogP) is 5.50. The largest absolute Gasteiger partial charge is 0.369 e. The lowest BCUT2D eigenvalue weighted by Crippen LogP contribution is -2.44. The number of carbonyl (C=O) groups is 1. The second-order valence-corrected chi connectivity index (χ2v) is 11.5. The van der Waals surface area contributed by atoms with Crippen molar-refractivity contribution in [2.75, 3.05) is 48.8 Å². The van der Waals surface area contributed by atoms with Crippen molar-refractivity contribution in [3.8, 4) is 11.4 Å². The van der Waals surface area contributed by atoms with Crippen molar-refractivity contribution in [1.82, 2.24) is 24.6 Å². The molecule has 2 N–H and O–H groups in total. The van der Waals surface area contributed by atoms with E-state index in [4.69, 9.17) is 16.6 Å². The Bertz CT molecular complexity index is 1620. The maximum Gasteiger partial charge on any atom is 0.276 e. The average Bonchev–Trinajstić information content (AvgIpc) is 3.35. The highest BCUT2D eigenvalue weighted by Gasteiger charge is 2.29. The van der Waals surface area contributed by atoms with Gasteiger partial charge in [0.2, 0.25) is 5.95 Å². The number of hydrogen-bond acceptors (Lipinski definition) is 7. The summed E-state index contributed by atoms with van der Waals surface area (Å²) in [7, 11) is 4.01. The van der Waals surface area contributed by atoms with Crippen LogP contribution in [0.15, 0.2) is 42.6 Å². The lowest BCUT2D eigenvalue weighted by atomic mass is 9.93. The van der Waals surface area contributed by atoms with Gasteiger partial charge in [0.25, 0.3) is 5.91 Å². The van der Waals surface area contributed by atoms with Crippen LogP contribution < -0.4 is 15.5 Å². The highest BCUT2D eigenvalue weighted by atomic mass is 35.5. The molecular weight excluding hydrogens is 548 g/mol. The first-order valence-electron chi connectivity index (χ1n) is 14.7. The number of aryl methyl sites for hydroxylation is 4. The number of halogens is 1. The number of anilines is 4. The molecule has 9 nitrogen and oxygen atoms in total. The predicted molar refractivity (Wildman–Crippen MR) is 169 cm³/mol. The van der Waals surface area contributed by atoms with Crippen LogP contribution in [0.3, 0.4) is 0 Å². The van der Waals surface area contributed by atoms with E-state index in [1.165, 1.54) is 0 Å². The molecule has 2 aromatic carbocycles. The van der Waals surface area contributed by atoms with Gasteiger partial charge in [0.05, 0.1) is 22.1 Å². The maximum absolute atomic E-state index is 13.6. The summed E-state index contributed by atoms with van der Waals surface area (Å²) < 4.78 is 1.77. The summed E-state index contributed by atoms with van der Waals surface area (Å²) in [6, 6.07) is 12.2. The summed E-state index contributed by atoms with van der Waals surface area (Å²) in [6.07, 6.45) is 4.97. The number of piperazine rings is 1. The number of hydrogen-bond donors (Lipinski definition) is 2. The molecule has 2 aliphatic rings. The van der Waals surface area contributed by atoms with E-state index < -0.39 is 0 Å². The summed E-state index contributed by atoms with van der Waals surface area (Å²) in [5, 5.41) is 11.8. The standard InChI is InChI=1S/C32H37ClN8O/c1-5-20-8-7-9-21(6-2)27(20)36-31(42)29-24-12-10-22-19-34-32(37-28(22)30(24)40(4)38-29)35-26-13-11-23(18-25(26)33)41-16-14-39(3)15-17-41/h7-9,11,13,18-19H,5-6,10,12,14-17H2,1-4H3,(H,36,42)(H,34,35,37). The van der Waals surface area contributed by atoms with Crippen LogP contribution in [-0.4, -0.2) is 63.8 Å². The molecule has 4 aromatic rings. The second kappa shape index (κ2) is 11.7. The number of para-hydroxylation sites is 1. The second-order valence-electron chi connectivity index (χ2n) is 11.1. The molecule has 2 aromatic heterocycles. The number of carbonyl (C=O) groups excluding carboxylic acids is 1. The van der Waals surface area contributed by atoms with Crippen LogP contribution in [0, 0.1) is 0 Å². The molecule has 1 fully saturated rings. The van der Waals surface area contributed by atoms with Crippen molar-refractivity contribution in [2.24, 2.45) is 7.05 Å². The molecule has 0 atom stereocenters. The van der Waals surface area contributed by atoms with E-state index in [-0.39, 0.29) is 5.91 Å². The van der Waals surface area contributed by atoms with Crippen LogP contribution in [0.5, 0.6) is 0 Å². The van der Waals surface area contributed by atoms with Gasteiger partial charge < -0.3 is 20.4 Å².